The first kappa shape index (κ1) is 17.4. The Hall–Kier alpha value is -2.64. The summed E-state index contributed by atoms with van der Waals surface area (Å²) in [5.74, 6) is 0.834. The van der Waals surface area contributed by atoms with Crippen molar-refractivity contribution in [2.45, 2.75) is 6.92 Å². The van der Waals surface area contributed by atoms with Crippen molar-refractivity contribution < 1.29 is 28.5 Å². The molecular formula is C14H20N2O6. The number of ether oxygens (including phenoxy) is 4. The second-order valence-electron chi connectivity index (χ2n) is 4.04. The molecule has 0 radical (unpaired) electrons. The molecule has 0 aromatic heterocycles. The number of benzene rings is 1. The molecule has 0 unspecified atom stereocenters. The Labute approximate surface area is 128 Å². The Kier molecular flexibility index (Phi) is 6.81. The smallest absolute Gasteiger partial charge is 0.407 e. The van der Waals surface area contributed by atoms with E-state index in [0.717, 1.165) is 0 Å². The standard InChI is InChI=1S/C14H20N2O6/c1-5-22-14(18)15-8-12(17)16-9-6-10(19-2)13(21-4)11(7-9)20-3/h6-7H,5,8H2,1-4H3,(H,15,18)(H,16,17). The quantitative estimate of drug-likeness (QED) is 0.790. The van der Waals surface area contributed by atoms with E-state index in [-0.39, 0.29) is 13.2 Å². The van der Waals surface area contributed by atoms with E-state index in [1.165, 1.54) is 21.3 Å². The molecule has 1 aromatic carbocycles. The summed E-state index contributed by atoms with van der Waals surface area (Å²) in [5, 5.41) is 4.94. The average Bonchev–Trinajstić information content (AvgIpc) is 2.52. The van der Waals surface area contributed by atoms with Gasteiger partial charge in [-0.05, 0) is 6.92 Å². The fraction of sp³-hybridized carbons (Fsp3) is 0.429. The van der Waals surface area contributed by atoms with Gasteiger partial charge in [0.25, 0.3) is 0 Å². The number of rotatable bonds is 7. The van der Waals surface area contributed by atoms with E-state index in [0.29, 0.717) is 22.9 Å². The lowest BCUT2D eigenvalue weighted by Crippen LogP contribution is -2.33. The van der Waals surface area contributed by atoms with Gasteiger partial charge in [0.1, 0.15) is 6.54 Å². The fourth-order valence-electron chi connectivity index (χ4n) is 1.69. The van der Waals surface area contributed by atoms with Crippen molar-refractivity contribution in [3.63, 3.8) is 0 Å². The van der Waals surface area contributed by atoms with Gasteiger partial charge in [-0.15, -0.1) is 0 Å². The van der Waals surface area contributed by atoms with E-state index in [4.69, 9.17) is 14.2 Å². The number of carbonyl (C=O) groups is 2. The predicted octanol–water partition coefficient (Wildman–Crippen LogP) is 1.40. The average molecular weight is 312 g/mol. The molecule has 0 bridgehead atoms. The summed E-state index contributed by atoms with van der Waals surface area (Å²) >= 11 is 0. The minimum Gasteiger partial charge on any atom is -0.493 e. The van der Waals surface area contributed by atoms with E-state index < -0.39 is 12.0 Å². The molecule has 122 valence electrons. The second-order valence-corrected chi connectivity index (χ2v) is 4.04. The Morgan fingerprint density at radius 1 is 1.05 bits per heavy atom. The zero-order chi connectivity index (χ0) is 16.5. The number of nitrogens with one attached hydrogen (secondary N) is 2. The van der Waals surface area contributed by atoms with Crippen molar-refractivity contribution in [2.24, 2.45) is 0 Å². The number of hydrogen-bond acceptors (Lipinski definition) is 6. The first-order valence-corrected chi connectivity index (χ1v) is 6.56. The third-order valence-electron chi connectivity index (χ3n) is 2.62. The lowest BCUT2D eigenvalue weighted by molar-refractivity contribution is -0.115. The van der Waals surface area contributed by atoms with Gasteiger partial charge in [0.2, 0.25) is 11.7 Å². The largest absolute Gasteiger partial charge is 0.493 e. The topological polar surface area (TPSA) is 95.1 Å². The summed E-state index contributed by atoms with van der Waals surface area (Å²) < 4.78 is 20.2. The van der Waals surface area contributed by atoms with Crippen molar-refractivity contribution in [3.8, 4) is 17.2 Å². The summed E-state index contributed by atoms with van der Waals surface area (Å²) in [7, 11) is 4.44. The molecule has 0 aliphatic heterocycles. The summed E-state index contributed by atoms with van der Waals surface area (Å²) in [6, 6.07) is 3.17. The monoisotopic (exact) mass is 312 g/mol. The lowest BCUT2D eigenvalue weighted by atomic mass is 10.2. The molecule has 0 spiro atoms. The normalized spacial score (nSPS) is 9.64. The molecule has 1 aromatic rings. The molecule has 0 saturated carbocycles. The Morgan fingerprint density at radius 2 is 1.64 bits per heavy atom. The van der Waals surface area contributed by atoms with Gasteiger partial charge in [0, 0.05) is 17.8 Å². The maximum atomic E-state index is 11.8. The first-order valence-electron chi connectivity index (χ1n) is 6.56. The van der Waals surface area contributed by atoms with Crippen molar-refractivity contribution >= 4 is 17.7 Å². The van der Waals surface area contributed by atoms with Crippen LogP contribution >= 0.6 is 0 Å². The molecule has 0 saturated heterocycles. The van der Waals surface area contributed by atoms with E-state index in [1.54, 1.807) is 19.1 Å². The summed E-state index contributed by atoms with van der Waals surface area (Å²) in [4.78, 5) is 22.9. The van der Waals surface area contributed by atoms with E-state index in [2.05, 4.69) is 15.4 Å². The molecule has 0 fully saturated rings. The van der Waals surface area contributed by atoms with Crippen molar-refractivity contribution in [1.82, 2.24) is 5.32 Å². The number of carbonyl (C=O) groups excluding carboxylic acids is 2. The Balaban J connectivity index is 2.76. The van der Waals surface area contributed by atoms with Crippen LogP contribution < -0.4 is 24.8 Å². The SMILES string of the molecule is CCOC(=O)NCC(=O)Nc1cc(OC)c(OC)c(OC)c1. The van der Waals surface area contributed by atoms with Crippen molar-refractivity contribution in [2.75, 3.05) is 39.8 Å². The molecule has 0 aliphatic rings. The van der Waals surface area contributed by atoms with Crippen LogP contribution in [0.4, 0.5) is 10.5 Å². The van der Waals surface area contributed by atoms with Crippen LogP contribution in [0.2, 0.25) is 0 Å². The lowest BCUT2D eigenvalue weighted by Gasteiger charge is -2.14. The Morgan fingerprint density at radius 3 is 2.09 bits per heavy atom. The maximum Gasteiger partial charge on any atom is 0.407 e. The minimum absolute atomic E-state index is 0.213. The Bertz CT molecular complexity index is 507. The summed E-state index contributed by atoms with van der Waals surface area (Å²) in [5.41, 5.74) is 0.449. The first-order chi connectivity index (χ1) is 10.5. The highest BCUT2D eigenvalue weighted by molar-refractivity contribution is 5.94. The van der Waals surface area contributed by atoms with Crippen LogP contribution in [0.1, 0.15) is 6.92 Å². The second kappa shape index (κ2) is 8.60. The zero-order valence-corrected chi connectivity index (χ0v) is 13.0. The number of alkyl carbamates (subject to hydrolysis) is 1. The van der Waals surface area contributed by atoms with Gasteiger partial charge in [0.15, 0.2) is 11.5 Å². The van der Waals surface area contributed by atoms with Gasteiger partial charge in [-0.25, -0.2) is 4.79 Å². The molecule has 22 heavy (non-hydrogen) atoms. The highest BCUT2D eigenvalue weighted by Crippen LogP contribution is 2.39. The molecule has 1 rings (SSSR count). The highest BCUT2D eigenvalue weighted by Gasteiger charge is 2.14. The predicted molar refractivity (Wildman–Crippen MR) is 79.8 cm³/mol. The van der Waals surface area contributed by atoms with Crippen LogP contribution in [0.15, 0.2) is 12.1 Å². The van der Waals surface area contributed by atoms with Crippen molar-refractivity contribution in [3.05, 3.63) is 12.1 Å². The van der Waals surface area contributed by atoms with Gasteiger partial charge >= 0.3 is 6.09 Å². The number of anilines is 1. The van der Waals surface area contributed by atoms with Gasteiger partial charge in [-0.2, -0.15) is 0 Å². The van der Waals surface area contributed by atoms with E-state index in [9.17, 15) is 9.59 Å². The zero-order valence-electron chi connectivity index (χ0n) is 13.0. The fourth-order valence-corrected chi connectivity index (χ4v) is 1.69. The van der Waals surface area contributed by atoms with E-state index in [1.807, 2.05) is 0 Å². The van der Waals surface area contributed by atoms with E-state index >= 15 is 0 Å². The number of amides is 2. The van der Waals surface area contributed by atoms with Gasteiger partial charge in [-0.1, -0.05) is 0 Å². The van der Waals surface area contributed by atoms with Crippen LogP contribution in [-0.4, -0.2) is 46.5 Å². The van der Waals surface area contributed by atoms with Crippen LogP contribution in [0.25, 0.3) is 0 Å². The van der Waals surface area contributed by atoms with Crippen LogP contribution in [0.3, 0.4) is 0 Å². The third-order valence-corrected chi connectivity index (χ3v) is 2.62. The molecule has 0 atom stereocenters. The van der Waals surface area contributed by atoms with Crippen LogP contribution in [0, 0.1) is 0 Å². The molecule has 2 amide bonds. The summed E-state index contributed by atoms with van der Waals surface area (Å²) in [6.07, 6.45) is -0.650. The number of hydrogen-bond donors (Lipinski definition) is 2. The summed E-state index contributed by atoms with van der Waals surface area (Å²) in [6.45, 7) is 1.70. The van der Waals surface area contributed by atoms with Crippen molar-refractivity contribution in [1.29, 1.82) is 0 Å². The van der Waals surface area contributed by atoms with Gasteiger partial charge < -0.3 is 29.6 Å². The third kappa shape index (κ3) is 4.72. The molecule has 8 heteroatoms. The minimum atomic E-state index is -0.650. The molecule has 2 N–H and O–H groups in total. The number of methoxy groups -OCH3 is 3. The van der Waals surface area contributed by atoms with Crippen LogP contribution in [-0.2, 0) is 9.53 Å². The molecule has 8 nitrogen and oxygen atoms in total. The van der Waals surface area contributed by atoms with Gasteiger partial charge in [0.05, 0.1) is 27.9 Å². The molecule has 0 heterocycles. The maximum absolute atomic E-state index is 11.8. The van der Waals surface area contributed by atoms with Crippen LogP contribution in [0.5, 0.6) is 17.2 Å². The molecular weight excluding hydrogens is 292 g/mol. The van der Waals surface area contributed by atoms with Gasteiger partial charge in [-0.3, -0.25) is 4.79 Å². The highest BCUT2D eigenvalue weighted by atomic mass is 16.5. The molecule has 0 aliphatic carbocycles.